The molecule has 0 radical (unpaired) electrons. The van der Waals surface area contributed by atoms with Crippen LogP contribution in [0.2, 0.25) is 0 Å². The average molecular weight is 262 g/mol. The van der Waals surface area contributed by atoms with Crippen molar-refractivity contribution in [1.82, 2.24) is 0 Å². The third kappa shape index (κ3) is 1.98. The second-order valence-electron chi connectivity index (χ2n) is 4.20. The van der Waals surface area contributed by atoms with E-state index in [-0.39, 0.29) is 11.6 Å². The first kappa shape index (κ1) is 12.6. The van der Waals surface area contributed by atoms with Crippen LogP contribution in [0.25, 0.3) is 0 Å². The molecular formula is C10H9F3N2O3. The van der Waals surface area contributed by atoms with Crippen LogP contribution in [-0.2, 0) is 9.59 Å². The summed E-state index contributed by atoms with van der Waals surface area (Å²) in [4.78, 5) is 24.9. The van der Waals surface area contributed by atoms with Gasteiger partial charge in [-0.3, -0.25) is 14.6 Å². The number of Topliss-reactive ketones (excluding diaryl/α,β-unsaturated/α-hetero) is 1. The summed E-state index contributed by atoms with van der Waals surface area (Å²) in [7, 11) is 0. The number of carbonyl (C=O) groups excluding carboxylic acids is 1. The summed E-state index contributed by atoms with van der Waals surface area (Å²) in [6, 6.07) is 0. The van der Waals surface area contributed by atoms with E-state index in [2.05, 4.69) is 4.99 Å². The molecule has 5 nitrogen and oxygen atoms in total. The highest BCUT2D eigenvalue weighted by Gasteiger charge is 2.56. The van der Waals surface area contributed by atoms with Crippen molar-refractivity contribution in [3.05, 3.63) is 11.3 Å². The number of aliphatic imine (C=N–C) groups is 1. The van der Waals surface area contributed by atoms with E-state index in [4.69, 9.17) is 10.8 Å². The van der Waals surface area contributed by atoms with E-state index < -0.39 is 41.7 Å². The Balaban J connectivity index is 2.39. The first-order valence-electron chi connectivity index (χ1n) is 5.11. The normalized spacial score (nSPS) is 27.5. The van der Waals surface area contributed by atoms with Gasteiger partial charge in [-0.2, -0.15) is 13.2 Å². The highest BCUT2D eigenvalue weighted by atomic mass is 19.4. The van der Waals surface area contributed by atoms with Crippen molar-refractivity contribution in [2.75, 3.05) is 6.54 Å². The molecule has 2 aliphatic rings. The topological polar surface area (TPSA) is 92.8 Å². The Morgan fingerprint density at radius 2 is 2.06 bits per heavy atom. The summed E-state index contributed by atoms with van der Waals surface area (Å²) in [5, 5.41) is 8.36. The maximum absolute atomic E-state index is 12.7. The minimum Gasteiger partial charge on any atom is -0.480 e. The summed E-state index contributed by atoms with van der Waals surface area (Å²) in [5.74, 6) is -2.99. The number of alkyl halides is 3. The number of carboxylic acids is 1. The maximum atomic E-state index is 12.7. The maximum Gasteiger partial charge on any atom is 0.433 e. The van der Waals surface area contributed by atoms with Gasteiger partial charge in [0.2, 0.25) is 0 Å². The Labute approximate surface area is 99.2 Å². The molecule has 0 saturated heterocycles. The fourth-order valence-electron chi connectivity index (χ4n) is 2.05. The van der Waals surface area contributed by atoms with Crippen molar-refractivity contribution >= 4 is 17.5 Å². The summed E-state index contributed by atoms with van der Waals surface area (Å²) in [6.45, 7) is -1.05. The molecule has 0 aromatic rings. The Bertz CT molecular complexity index is 493. The van der Waals surface area contributed by atoms with Crippen LogP contribution >= 0.6 is 0 Å². The Kier molecular flexibility index (Phi) is 2.67. The largest absolute Gasteiger partial charge is 0.480 e. The molecule has 0 spiro atoms. The lowest BCUT2D eigenvalue weighted by atomic mass is 10.0. The number of ketones is 1. The lowest BCUT2D eigenvalue weighted by Crippen LogP contribution is -2.31. The van der Waals surface area contributed by atoms with Crippen molar-refractivity contribution in [3.63, 3.8) is 0 Å². The molecule has 0 amide bonds. The minimum absolute atomic E-state index is 0.119. The molecule has 98 valence electrons. The number of hydrogen-bond donors (Lipinski definition) is 2. The highest BCUT2D eigenvalue weighted by Crippen LogP contribution is 2.51. The van der Waals surface area contributed by atoms with Gasteiger partial charge in [-0.25, -0.2) is 0 Å². The van der Waals surface area contributed by atoms with E-state index in [1.165, 1.54) is 0 Å². The molecule has 2 rings (SSSR count). The second-order valence-corrected chi connectivity index (χ2v) is 4.20. The molecule has 2 unspecified atom stereocenters. The van der Waals surface area contributed by atoms with E-state index in [1.807, 2.05) is 0 Å². The van der Waals surface area contributed by atoms with Crippen LogP contribution in [0.3, 0.4) is 0 Å². The zero-order valence-corrected chi connectivity index (χ0v) is 8.99. The van der Waals surface area contributed by atoms with Gasteiger partial charge < -0.3 is 10.8 Å². The van der Waals surface area contributed by atoms with Crippen LogP contribution in [0, 0.1) is 11.8 Å². The molecule has 0 aromatic heterocycles. The summed E-state index contributed by atoms with van der Waals surface area (Å²) < 4.78 is 38.2. The predicted molar refractivity (Wildman–Crippen MR) is 53.8 cm³/mol. The van der Waals surface area contributed by atoms with E-state index in [0.29, 0.717) is 6.42 Å². The predicted octanol–water partition coefficient (Wildman–Crippen LogP) is 0.506. The fourth-order valence-corrected chi connectivity index (χ4v) is 2.05. The molecule has 3 N–H and O–H groups in total. The van der Waals surface area contributed by atoms with E-state index in [0.717, 1.165) is 0 Å². The highest BCUT2D eigenvalue weighted by molar-refractivity contribution is 6.28. The minimum atomic E-state index is -4.89. The van der Waals surface area contributed by atoms with Crippen LogP contribution < -0.4 is 5.73 Å². The van der Waals surface area contributed by atoms with Crippen molar-refractivity contribution in [2.45, 2.75) is 12.6 Å². The molecule has 2 atom stereocenters. The number of rotatable bonds is 3. The van der Waals surface area contributed by atoms with E-state index >= 15 is 0 Å². The van der Waals surface area contributed by atoms with Crippen LogP contribution in [0.5, 0.6) is 0 Å². The molecule has 0 heterocycles. The van der Waals surface area contributed by atoms with Gasteiger partial charge in [0.25, 0.3) is 0 Å². The Morgan fingerprint density at radius 1 is 1.44 bits per heavy atom. The molecule has 2 aliphatic carbocycles. The van der Waals surface area contributed by atoms with Gasteiger partial charge in [-0.05, 0) is 6.42 Å². The van der Waals surface area contributed by atoms with Crippen LogP contribution in [-0.4, -0.2) is 35.3 Å². The third-order valence-corrected chi connectivity index (χ3v) is 2.94. The number of nitrogens with two attached hydrogens (primary N) is 1. The number of nitrogens with zero attached hydrogens (tertiary/aromatic N) is 1. The lowest BCUT2D eigenvalue weighted by molar-refractivity contribution is -0.135. The van der Waals surface area contributed by atoms with Crippen LogP contribution in [0.4, 0.5) is 13.2 Å². The number of carbonyl (C=O) groups is 2. The van der Waals surface area contributed by atoms with Crippen LogP contribution in [0.1, 0.15) is 6.42 Å². The Hall–Kier alpha value is -1.86. The number of carboxylic acid groups (broad SMARTS) is 1. The SMILES string of the molecule is NC1=C(C(=NCC(=O)O)C(F)(F)F)C(=O)C2CC12. The average Bonchev–Trinajstić information content (AvgIpc) is 2.95. The first-order chi connectivity index (χ1) is 8.23. The number of fused-ring (bicyclic) bond motifs is 1. The quantitative estimate of drug-likeness (QED) is 0.724. The molecule has 1 fully saturated rings. The Morgan fingerprint density at radius 3 is 2.44 bits per heavy atom. The van der Waals surface area contributed by atoms with Crippen molar-refractivity contribution in [3.8, 4) is 0 Å². The van der Waals surface area contributed by atoms with Gasteiger partial charge in [0.05, 0.1) is 5.57 Å². The smallest absolute Gasteiger partial charge is 0.433 e. The number of allylic oxidation sites excluding steroid dienone is 2. The molecule has 0 aromatic carbocycles. The monoisotopic (exact) mass is 262 g/mol. The number of aliphatic carboxylic acids is 1. The van der Waals surface area contributed by atoms with E-state index in [1.54, 1.807) is 0 Å². The first-order valence-corrected chi connectivity index (χ1v) is 5.11. The van der Waals surface area contributed by atoms with Gasteiger partial charge in [-0.15, -0.1) is 0 Å². The standard InChI is InChI=1S/C10H9F3N2O3/c11-10(12,13)9(15-2-5(16)17)6-7(14)3-1-4(3)8(6)18/h3-4H,1-2,14H2,(H,16,17). The third-order valence-electron chi connectivity index (χ3n) is 2.94. The second kappa shape index (κ2) is 3.82. The molecule has 0 aliphatic heterocycles. The fraction of sp³-hybridized carbons (Fsp3) is 0.500. The zero-order chi connectivity index (χ0) is 13.7. The lowest BCUT2D eigenvalue weighted by Gasteiger charge is -2.12. The summed E-state index contributed by atoms with van der Waals surface area (Å²) in [5.41, 5.74) is 3.25. The molecule has 18 heavy (non-hydrogen) atoms. The summed E-state index contributed by atoms with van der Waals surface area (Å²) in [6.07, 6.45) is -4.42. The van der Waals surface area contributed by atoms with Crippen molar-refractivity contribution in [1.29, 1.82) is 0 Å². The molecule has 8 heteroatoms. The van der Waals surface area contributed by atoms with Gasteiger partial charge in [-0.1, -0.05) is 0 Å². The van der Waals surface area contributed by atoms with Crippen molar-refractivity contribution < 1.29 is 27.9 Å². The van der Waals surface area contributed by atoms with Gasteiger partial charge in [0.15, 0.2) is 11.5 Å². The van der Waals surface area contributed by atoms with Crippen LogP contribution in [0.15, 0.2) is 16.3 Å². The van der Waals surface area contributed by atoms with E-state index in [9.17, 15) is 22.8 Å². The number of hydrogen-bond acceptors (Lipinski definition) is 4. The molecular weight excluding hydrogens is 253 g/mol. The number of halogens is 3. The molecule has 0 bridgehead atoms. The van der Waals surface area contributed by atoms with Gasteiger partial charge in [0.1, 0.15) is 6.54 Å². The summed E-state index contributed by atoms with van der Waals surface area (Å²) >= 11 is 0. The molecule has 1 saturated carbocycles. The van der Waals surface area contributed by atoms with Crippen molar-refractivity contribution in [2.24, 2.45) is 22.6 Å². The zero-order valence-electron chi connectivity index (χ0n) is 8.99. The van der Waals surface area contributed by atoms with Gasteiger partial charge >= 0.3 is 12.1 Å². The van der Waals surface area contributed by atoms with Gasteiger partial charge in [0, 0.05) is 17.5 Å².